The van der Waals surface area contributed by atoms with Crippen LogP contribution in [0.1, 0.15) is 26.5 Å². The summed E-state index contributed by atoms with van der Waals surface area (Å²) in [6.45, 7) is 0.881. The largest absolute Gasteiger partial charge is 0.505 e. The highest BCUT2D eigenvalue weighted by atomic mass is 32.2. The van der Waals surface area contributed by atoms with E-state index in [-0.39, 0.29) is 22.9 Å². The van der Waals surface area contributed by atoms with Crippen LogP contribution >= 0.6 is 23.5 Å². The summed E-state index contributed by atoms with van der Waals surface area (Å²) in [6.07, 6.45) is 0. The van der Waals surface area contributed by atoms with Gasteiger partial charge < -0.3 is 35.8 Å². The molecule has 0 unspecified atom stereocenters. The molecule has 53 heavy (non-hydrogen) atoms. The van der Waals surface area contributed by atoms with Crippen LogP contribution in [0.5, 0.6) is 17.2 Å². The van der Waals surface area contributed by atoms with Crippen LogP contribution in [0, 0.1) is 6.92 Å². The van der Waals surface area contributed by atoms with Crippen molar-refractivity contribution in [3.63, 3.8) is 0 Å². The monoisotopic (exact) mass is 752 g/mol. The molecule has 6 aromatic rings. The molecule has 0 aliphatic carbocycles. The minimum absolute atomic E-state index is 0.195. The summed E-state index contributed by atoms with van der Waals surface area (Å²) in [7, 11) is 1.57. The van der Waals surface area contributed by atoms with Crippen molar-refractivity contribution in [2.45, 2.75) is 26.8 Å². The number of nitrogens with zero attached hydrogens (tertiary/aromatic N) is 2. The zero-order valence-electron chi connectivity index (χ0n) is 28.2. The predicted molar refractivity (Wildman–Crippen MR) is 199 cm³/mol. The fourth-order valence-corrected chi connectivity index (χ4v) is 6.77. The van der Waals surface area contributed by atoms with Crippen LogP contribution < -0.4 is 15.4 Å². The molecule has 0 atom stereocenters. The maximum Gasteiger partial charge on any atom is 0.322 e. The number of aryl methyl sites for hydroxylation is 1. The molecule has 0 bridgehead atoms. The number of hydrogen-bond donors (Lipinski definition) is 6. The van der Waals surface area contributed by atoms with Crippen molar-refractivity contribution >= 4 is 68.8 Å². The van der Waals surface area contributed by atoms with Crippen molar-refractivity contribution in [1.29, 1.82) is 0 Å². The molecular weight excluding hydrogens is 721 g/mol. The lowest BCUT2D eigenvalue weighted by Gasteiger charge is -2.12. The number of carboxylic acid groups (broad SMARTS) is 2. The Labute approximate surface area is 311 Å². The Morgan fingerprint density at radius 1 is 0.623 bits per heavy atom. The van der Waals surface area contributed by atoms with Gasteiger partial charge >= 0.3 is 11.9 Å². The molecule has 0 radical (unpaired) electrons. The van der Waals surface area contributed by atoms with E-state index in [0.717, 1.165) is 15.4 Å². The van der Waals surface area contributed by atoms with E-state index in [1.165, 1.54) is 23.5 Å². The second-order valence-corrected chi connectivity index (χ2v) is 13.3. The molecule has 270 valence electrons. The molecule has 2 aromatic heterocycles. The summed E-state index contributed by atoms with van der Waals surface area (Å²) >= 11 is 2.68. The Bertz CT molecular complexity index is 2340. The molecule has 0 saturated carbocycles. The average Bonchev–Trinajstić information content (AvgIpc) is 3.16. The first kappa shape index (κ1) is 37.9. The number of nitrogens with one attached hydrogen (secondary N) is 2. The third-order valence-corrected chi connectivity index (χ3v) is 9.43. The van der Waals surface area contributed by atoms with Crippen LogP contribution in [0.3, 0.4) is 0 Å². The van der Waals surface area contributed by atoms with Crippen molar-refractivity contribution in [2.75, 3.05) is 20.2 Å². The van der Waals surface area contributed by atoms with Gasteiger partial charge in [-0.1, -0.05) is 95.8 Å². The molecule has 15 heteroatoms. The lowest BCUT2D eigenvalue weighted by Crippen LogP contribution is -2.30. The molecule has 6 rings (SSSR count). The number of benzene rings is 4. The minimum Gasteiger partial charge on any atom is -0.505 e. The minimum atomic E-state index is -1.19. The molecule has 0 fully saturated rings. The summed E-state index contributed by atoms with van der Waals surface area (Å²) in [5.74, 6) is -3.72. The van der Waals surface area contributed by atoms with Crippen molar-refractivity contribution in [3.05, 3.63) is 114 Å². The first-order valence-electron chi connectivity index (χ1n) is 15.7. The molecule has 0 aliphatic heterocycles. The Morgan fingerprint density at radius 2 is 1.08 bits per heavy atom. The SMILES string of the molecule is COc1cccc(Sc2nc(C(=O)NCC(=O)O)c(O)c3ccccc23)c1.Cc1ccc(Sc2nc(C(=O)NCC(=O)O)c(O)c3ccccc23)cc1. The topological polar surface area (TPSA) is 208 Å². The second kappa shape index (κ2) is 17.3. The van der Waals surface area contributed by atoms with Crippen LogP contribution in [0.4, 0.5) is 0 Å². The van der Waals surface area contributed by atoms with E-state index in [1.54, 1.807) is 37.4 Å². The molecule has 2 heterocycles. The van der Waals surface area contributed by atoms with Crippen LogP contribution in [-0.2, 0) is 9.59 Å². The van der Waals surface area contributed by atoms with E-state index in [0.29, 0.717) is 37.3 Å². The number of pyridine rings is 2. The molecule has 2 amide bonds. The molecule has 4 aromatic carbocycles. The quantitative estimate of drug-likeness (QED) is 0.0882. The molecule has 0 saturated heterocycles. The van der Waals surface area contributed by atoms with E-state index < -0.39 is 36.8 Å². The third kappa shape index (κ3) is 9.52. The summed E-state index contributed by atoms with van der Waals surface area (Å²) in [6, 6.07) is 29.3. The van der Waals surface area contributed by atoms with Gasteiger partial charge in [-0.15, -0.1) is 0 Å². The van der Waals surface area contributed by atoms with Gasteiger partial charge in [0.05, 0.1) is 7.11 Å². The van der Waals surface area contributed by atoms with Crippen LogP contribution in [0.15, 0.2) is 117 Å². The van der Waals surface area contributed by atoms with Gasteiger partial charge in [0.1, 0.15) is 28.9 Å². The average molecular weight is 753 g/mol. The van der Waals surface area contributed by atoms with Gasteiger partial charge in [-0.25, -0.2) is 9.97 Å². The number of aliphatic carboxylic acids is 2. The molecule has 0 spiro atoms. The number of carboxylic acids is 2. The zero-order chi connectivity index (χ0) is 38.1. The summed E-state index contributed by atoms with van der Waals surface area (Å²) in [5, 5.41) is 46.2. The number of carbonyl (C=O) groups excluding carboxylic acids is 2. The Hall–Kier alpha value is -6.32. The van der Waals surface area contributed by atoms with Crippen LogP contribution in [-0.4, -0.2) is 74.3 Å². The third-order valence-electron chi connectivity index (χ3n) is 7.42. The highest BCUT2D eigenvalue weighted by Gasteiger charge is 2.21. The summed E-state index contributed by atoms with van der Waals surface area (Å²) in [5.41, 5.74) is 0.714. The maximum absolute atomic E-state index is 12.3. The van der Waals surface area contributed by atoms with Crippen molar-refractivity contribution in [2.24, 2.45) is 0 Å². The number of amides is 2. The number of hydrogen-bond acceptors (Lipinski definition) is 11. The number of aromatic nitrogens is 2. The number of fused-ring (bicyclic) bond motifs is 2. The van der Waals surface area contributed by atoms with Crippen LogP contribution in [0.2, 0.25) is 0 Å². The van der Waals surface area contributed by atoms with Gasteiger partial charge in [0.15, 0.2) is 22.9 Å². The van der Waals surface area contributed by atoms with Crippen molar-refractivity contribution in [3.8, 4) is 17.2 Å². The second-order valence-electron chi connectivity index (χ2n) is 11.2. The van der Waals surface area contributed by atoms with Gasteiger partial charge in [0, 0.05) is 31.3 Å². The van der Waals surface area contributed by atoms with E-state index in [9.17, 15) is 29.4 Å². The Balaban J connectivity index is 0.000000204. The first-order valence-corrected chi connectivity index (χ1v) is 17.4. The van der Waals surface area contributed by atoms with E-state index in [4.69, 9.17) is 14.9 Å². The molecule has 0 aliphatic rings. The Kier molecular flexibility index (Phi) is 12.4. The fraction of sp³-hybridized carbons (Fsp3) is 0.105. The van der Waals surface area contributed by atoms with Gasteiger partial charge in [0.2, 0.25) is 0 Å². The number of ether oxygens (including phenoxy) is 1. The molecule has 6 N–H and O–H groups in total. The standard InChI is InChI=1S/C19H16N2O5S.C19H16N2O4S/c1-26-11-5-4-6-12(9-11)27-19-14-8-3-2-7-13(14)17(24)16(21-19)18(25)20-10-15(22)23;1-11-6-8-12(9-7-11)26-19-14-5-3-2-4-13(14)17(24)16(21-19)18(25)20-10-15(22)23/h2-9,24H,10H2,1H3,(H,20,25)(H,22,23);2-9,24H,10H2,1H3,(H,20,25)(H,22,23). The molecular formula is C38H32N4O9S2. The van der Waals surface area contributed by atoms with E-state index >= 15 is 0 Å². The number of rotatable bonds is 11. The highest BCUT2D eigenvalue weighted by molar-refractivity contribution is 7.99. The highest BCUT2D eigenvalue weighted by Crippen LogP contribution is 2.39. The lowest BCUT2D eigenvalue weighted by atomic mass is 10.1. The Morgan fingerprint density at radius 3 is 1.53 bits per heavy atom. The number of carbonyl (C=O) groups is 4. The number of aromatic hydroxyl groups is 2. The predicted octanol–water partition coefficient (Wildman–Crippen LogP) is 6.13. The lowest BCUT2D eigenvalue weighted by molar-refractivity contribution is -0.136. The van der Waals surface area contributed by atoms with Crippen LogP contribution in [0.25, 0.3) is 21.5 Å². The fourth-order valence-electron chi connectivity index (χ4n) is 4.88. The van der Waals surface area contributed by atoms with Crippen molar-refractivity contribution in [1.82, 2.24) is 20.6 Å². The van der Waals surface area contributed by atoms with Gasteiger partial charge in [-0.3, -0.25) is 19.2 Å². The van der Waals surface area contributed by atoms with Gasteiger partial charge in [-0.05, 0) is 37.3 Å². The van der Waals surface area contributed by atoms with E-state index in [2.05, 4.69) is 20.6 Å². The van der Waals surface area contributed by atoms with Gasteiger partial charge in [0.25, 0.3) is 11.8 Å². The molecule has 13 nitrogen and oxygen atoms in total. The zero-order valence-corrected chi connectivity index (χ0v) is 29.8. The number of methoxy groups -OCH3 is 1. The normalized spacial score (nSPS) is 10.6. The van der Waals surface area contributed by atoms with Crippen molar-refractivity contribution < 1.29 is 44.3 Å². The van der Waals surface area contributed by atoms with Gasteiger partial charge in [-0.2, -0.15) is 0 Å². The maximum atomic E-state index is 12.3. The van der Waals surface area contributed by atoms with E-state index in [1.807, 2.05) is 73.7 Å². The summed E-state index contributed by atoms with van der Waals surface area (Å²) < 4.78 is 5.22. The first-order chi connectivity index (χ1) is 25.4. The summed E-state index contributed by atoms with van der Waals surface area (Å²) in [4.78, 5) is 56.3. The smallest absolute Gasteiger partial charge is 0.322 e.